The zero-order valence-corrected chi connectivity index (χ0v) is 15.2. The molecule has 0 unspecified atom stereocenters. The number of alkyl halides is 3. The van der Waals surface area contributed by atoms with Crippen LogP contribution in [-0.2, 0) is 19.1 Å². The van der Waals surface area contributed by atoms with Crippen molar-refractivity contribution in [1.82, 2.24) is 14.8 Å². The average molecular weight is 397 g/mol. The number of hydrogen-bond donors (Lipinski definition) is 0. The van der Waals surface area contributed by atoms with Gasteiger partial charge in [0.15, 0.2) is 0 Å². The van der Waals surface area contributed by atoms with Crippen LogP contribution in [0.3, 0.4) is 0 Å². The van der Waals surface area contributed by atoms with Crippen molar-refractivity contribution in [2.45, 2.75) is 25.6 Å². The zero-order valence-electron chi connectivity index (χ0n) is 15.2. The summed E-state index contributed by atoms with van der Waals surface area (Å²) in [6, 6.07) is 14.6. The molecule has 2 aromatic heterocycles. The second-order valence-corrected chi connectivity index (χ2v) is 7.05. The smallest absolute Gasteiger partial charge is 0.268 e. The monoisotopic (exact) mass is 397 g/mol. The quantitative estimate of drug-likeness (QED) is 0.396. The van der Waals surface area contributed by atoms with Gasteiger partial charge in [-0.2, -0.15) is 18.3 Å². The van der Waals surface area contributed by atoms with E-state index in [1.54, 1.807) is 4.68 Å². The Balaban J connectivity index is 1.76. The Morgan fingerprint density at radius 1 is 0.931 bits per heavy atom. The van der Waals surface area contributed by atoms with Crippen LogP contribution in [0.5, 0.6) is 0 Å². The fraction of sp³-hybridized carbons (Fsp3) is 0.182. The normalized spacial score (nSPS) is 13.8. The van der Waals surface area contributed by atoms with Crippen LogP contribution in [0.2, 0.25) is 0 Å². The number of benzene rings is 2. The molecule has 0 spiro atoms. The van der Waals surface area contributed by atoms with E-state index in [-0.39, 0.29) is 11.3 Å². The Hall–Kier alpha value is -3.22. The number of aryl methyl sites for hydroxylation is 1. The molecule has 0 bridgehead atoms. The van der Waals surface area contributed by atoms with Crippen molar-refractivity contribution < 1.29 is 17.6 Å². The van der Waals surface area contributed by atoms with E-state index >= 15 is 0 Å². The summed E-state index contributed by atoms with van der Waals surface area (Å²) < 4.78 is 56.3. The molecule has 2 aromatic carbocycles. The molecule has 5 rings (SSSR count). The third kappa shape index (κ3) is 2.88. The first-order valence-corrected chi connectivity index (χ1v) is 9.25. The van der Waals surface area contributed by atoms with Gasteiger partial charge in [0.05, 0.1) is 16.8 Å². The standard InChI is InChI=1S/C22H15F4N3/c23-20-14(6-3-7-15(20)22(24,25)26)21-19(18-9-4-12-29(18)28-21)17-11-10-13-5-1-2-8-16(13)27-17/h1-3,5-8,10-11H,4,9,12H2. The van der Waals surface area contributed by atoms with Crippen LogP contribution in [-0.4, -0.2) is 14.8 Å². The highest BCUT2D eigenvalue weighted by Gasteiger charge is 2.36. The highest BCUT2D eigenvalue weighted by atomic mass is 19.4. The minimum Gasteiger partial charge on any atom is -0.268 e. The summed E-state index contributed by atoms with van der Waals surface area (Å²) in [6.07, 6.45) is -3.17. The number of para-hydroxylation sites is 1. The predicted octanol–water partition coefficient (Wildman–Crippen LogP) is 5.87. The third-order valence-corrected chi connectivity index (χ3v) is 5.25. The van der Waals surface area contributed by atoms with Crippen molar-refractivity contribution in [3.8, 4) is 22.5 Å². The lowest BCUT2D eigenvalue weighted by atomic mass is 9.98. The molecule has 0 N–H and O–H groups in total. The fourth-order valence-corrected chi connectivity index (χ4v) is 3.93. The molecule has 0 aliphatic carbocycles. The Kier molecular flexibility index (Phi) is 3.94. The average Bonchev–Trinajstić information content (AvgIpc) is 3.28. The Morgan fingerprint density at radius 3 is 2.59 bits per heavy atom. The van der Waals surface area contributed by atoms with Gasteiger partial charge < -0.3 is 0 Å². The van der Waals surface area contributed by atoms with Gasteiger partial charge in [-0.05, 0) is 37.1 Å². The van der Waals surface area contributed by atoms with Gasteiger partial charge in [0.25, 0.3) is 0 Å². The summed E-state index contributed by atoms with van der Waals surface area (Å²) >= 11 is 0. The highest BCUT2D eigenvalue weighted by molar-refractivity contribution is 5.86. The van der Waals surface area contributed by atoms with Gasteiger partial charge in [-0.1, -0.05) is 30.3 Å². The molecule has 1 aliphatic heterocycles. The van der Waals surface area contributed by atoms with Gasteiger partial charge in [-0.3, -0.25) is 4.68 Å². The van der Waals surface area contributed by atoms with E-state index < -0.39 is 17.6 Å². The third-order valence-electron chi connectivity index (χ3n) is 5.25. The second kappa shape index (κ2) is 6.40. The van der Waals surface area contributed by atoms with Gasteiger partial charge >= 0.3 is 6.18 Å². The summed E-state index contributed by atoms with van der Waals surface area (Å²) in [4.78, 5) is 4.68. The zero-order chi connectivity index (χ0) is 20.2. The molecule has 0 saturated carbocycles. The van der Waals surface area contributed by atoms with Crippen LogP contribution in [0.4, 0.5) is 17.6 Å². The van der Waals surface area contributed by atoms with E-state index in [0.29, 0.717) is 17.8 Å². The van der Waals surface area contributed by atoms with Crippen LogP contribution in [0.1, 0.15) is 17.7 Å². The molecule has 3 nitrogen and oxygen atoms in total. The van der Waals surface area contributed by atoms with Crippen LogP contribution in [0.15, 0.2) is 54.6 Å². The summed E-state index contributed by atoms with van der Waals surface area (Å²) in [5.41, 5.74) is 1.57. The lowest BCUT2D eigenvalue weighted by Crippen LogP contribution is -2.09. The first-order valence-electron chi connectivity index (χ1n) is 9.25. The summed E-state index contributed by atoms with van der Waals surface area (Å²) in [7, 11) is 0. The number of nitrogens with zero attached hydrogens (tertiary/aromatic N) is 3. The van der Waals surface area contributed by atoms with Crippen molar-refractivity contribution in [3.63, 3.8) is 0 Å². The maximum Gasteiger partial charge on any atom is 0.419 e. The topological polar surface area (TPSA) is 30.7 Å². The maximum atomic E-state index is 14.9. The largest absolute Gasteiger partial charge is 0.419 e. The number of fused-ring (bicyclic) bond motifs is 2. The van der Waals surface area contributed by atoms with Crippen molar-refractivity contribution in [2.75, 3.05) is 0 Å². The van der Waals surface area contributed by atoms with E-state index in [4.69, 9.17) is 0 Å². The number of halogens is 4. The SMILES string of the molecule is Fc1c(-c2nn3c(c2-c2ccc4ccccc4n2)CCC3)cccc1C(F)(F)F. The number of aromatic nitrogens is 3. The number of pyridine rings is 1. The molecule has 0 saturated heterocycles. The minimum atomic E-state index is -4.77. The molecule has 0 atom stereocenters. The molecular formula is C22H15F4N3. The van der Waals surface area contributed by atoms with Crippen LogP contribution >= 0.6 is 0 Å². The second-order valence-electron chi connectivity index (χ2n) is 7.05. The molecule has 0 radical (unpaired) electrons. The van der Waals surface area contributed by atoms with Crippen molar-refractivity contribution in [2.24, 2.45) is 0 Å². The van der Waals surface area contributed by atoms with E-state index in [9.17, 15) is 17.6 Å². The van der Waals surface area contributed by atoms with Gasteiger partial charge in [0, 0.05) is 28.8 Å². The molecule has 29 heavy (non-hydrogen) atoms. The van der Waals surface area contributed by atoms with E-state index in [0.717, 1.165) is 35.5 Å². The molecule has 1 aliphatic rings. The molecule has 7 heteroatoms. The van der Waals surface area contributed by atoms with Gasteiger partial charge in [0.1, 0.15) is 11.5 Å². The van der Waals surface area contributed by atoms with Gasteiger partial charge in [-0.15, -0.1) is 0 Å². The van der Waals surface area contributed by atoms with Gasteiger partial charge in [0.2, 0.25) is 0 Å². The Morgan fingerprint density at radius 2 is 1.76 bits per heavy atom. The van der Waals surface area contributed by atoms with Crippen LogP contribution in [0, 0.1) is 5.82 Å². The van der Waals surface area contributed by atoms with Crippen molar-refractivity contribution >= 4 is 10.9 Å². The summed E-state index contributed by atoms with van der Waals surface area (Å²) in [5.74, 6) is -1.31. The molecule has 146 valence electrons. The molecule has 4 aromatic rings. The summed E-state index contributed by atoms with van der Waals surface area (Å²) in [6.45, 7) is 0.649. The highest BCUT2D eigenvalue weighted by Crippen LogP contribution is 2.41. The lowest BCUT2D eigenvalue weighted by Gasteiger charge is -2.11. The van der Waals surface area contributed by atoms with Crippen LogP contribution in [0.25, 0.3) is 33.4 Å². The van der Waals surface area contributed by atoms with Gasteiger partial charge in [-0.25, -0.2) is 9.37 Å². The van der Waals surface area contributed by atoms with Crippen molar-refractivity contribution in [3.05, 3.63) is 71.7 Å². The van der Waals surface area contributed by atoms with E-state index in [1.807, 2.05) is 36.4 Å². The molecule has 0 fully saturated rings. The summed E-state index contributed by atoms with van der Waals surface area (Å²) in [5, 5.41) is 5.42. The number of hydrogen-bond acceptors (Lipinski definition) is 2. The Labute approximate surface area is 163 Å². The lowest BCUT2D eigenvalue weighted by molar-refractivity contribution is -0.139. The first kappa shape index (κ1) is 17.8. The molecular weight excluding hydrogens is 382 g/mol. The van der Waals surface area contributed by atoms with E-state index in [1.165, 1.54) is 12.1 Å². The van der Waals surface area contributed by atoms with Crippen LogP contribution < -0.4 is 0 Å². The number of rotatable bonds is 2. The molecule has 3 heterocycles. The van der Waals surface area contributed by atoms with Crippen molar-refractivity contribution in [1.29, 1.82) is 0 Å². The Bertz CT molecular complexity index is 1240. The predicted molar refractivity (Wildman–Crippen MR) is 102 cm³/mol. The molecule has 0 amide bonds. The minimum absolute atomic E-state index is 0.160. The first-order chi connectivity index (χ1) is 13.9. The van der Waals surface area contributed by atoms with E-state index in [2.05, 4.69) is 10.1 Å². The maximum absolute atomic E-state index is 14.9. The fourth-order valence-electron chi connectivity index (χ4n) is 3.93.